The Labute approximate surface area is 134 Å². The number of amides is 1. The van der Waals surface area contributed by atoms with Gasteiger partial charge < -0.3 is 19.9 Å². The number of fused-ring (bicyclic) bond motifs is 1. The quantitative estimate of drug-likeness (QED) is 0.894. The number of carboxylic acids is 1. The van der Waals surface area contributed by atoms with Crippen LogP contribution >= 0.6 is 0 Å². The molecule has 1 aromatic rings. The minimum atomic E-state index is -0.831. The summed E-state index contributed by atoms with van der Waals surface area (Å²) < 4.78 is 10.5. The maximum atomic E-state index is 12.5. The van der Waals surface area contributed by atoms with Crippen molar-refractivity contribution >= 4 is 11.9 Å². The highest BCUT2D eigenvalue weighted by atomic mass is 16.7. The number of hydrogen-bond donors (Lipinski definition) is 2. The molecular formula is C17H21NO5. The maximum absolute atomic E-state index is 12.5. The van der Waals surface area contributed by atoms with Gasteiger partial charge in [-0.25, -0.2) is 0 Å². The molecule has 2 N–H and O–H groups in total. The van der Waals surface area contributed by atoms with E-state index >= 15 is 0 Å². The molecule has 2 aliphatic rings. The van der Waals surface area contributed by atoms with Gasteiger partial charge in [-0.05, 0) is 31.0 Å². The van der Waals surface area contributed by atoms with E-state index in [1.165, 1.54) is 0 Å². The molecular weight excluding hydrogens is 298 g/mol. The topological polar surface area (TPSA) is 84.9 Å². The third-order valence-corrected chi connectivity index (χ3v) is 4.53. The summed E-state index contributed by atoms with van der Waals surface area (Å²) in [5, 5.41) is 12.4. The fourth-order valence-corrected chi connectivity index (χ4v) is 3.24. The van der Waals surface area contributed by atoms with E-state index in [4.69, 9.17) is 9.47 Å². The van der Waals surface area contributed by atoms with Crippen molar-refractivity contribution in [2.24, 2.45) is 5.92 Å². The van der Waals surface area contributed by atoms with Crippen molar-refractivity contribution in [3.63, 3.8) is 0 Å². The van der Waals surface area contributed by atoms with E-state index in [1.807, 2.05) is 0 Å². The molecule has 124 valence electrons. The van der Waals surface area contributed by atoms with E-state index in [-0.39, 0.29) is 18.7 Å². The van der Waals surface area contributed by atoms with Gasteiger partial charge in [0, 0.05) is 11.6 Å². The highest BCUT2D eigenvalue weighted by Gasteiger charge is 2.30. The van der Waals surface area contributed by atoms with Gasteiger partial charge in [0.05, 0.1) is 5.92 Å². The lowest BCUT2D eigenvalue weighted by molar-refractivity contribution is -0.143. The molecule has 6 heteroatoms. The molecule has 23 heavy (non-hydrogen) atoms. The van der Waals surface area contributed by atoms with Crippen LogP contribution in [0.2, 0.25) is 0 Å². The average Bonchev–Trinajstić information content (AvgIpc) is 2.97. The second-order valence-electron chi connectivity index (χ2n) is 6.08. The zero-order chi connectivity index (χ0) is 16.2. The van der Waals surface area contributed by atoms with Crippen LogP contribution in [-0.4, -0.2) is 29.8 Å². The van der Waals surface area contributed by atoms with Crippen LogP contribution in [0.25, 0.3) is 0 Å². The van der Waals surface area contributed by atoms with Gasteiger partial charge in [0.15, 0.2) is 11.5 Å². The zero-order valence-electron chi connectivity index (χ0n) is 12.9. The molecule has 1 aliphatic heterocycles. The lowest BCUT2D eigenvalue weighted by Crippen LogP contribution is -2.43. The van der Waals surface area contributed by atoms with Crippen molar-refractivity contribution in [3.8, 4) is 11.5 Å². The normalized spacial score (nSPS) is 23.7. The standard InChI is InChI=1S/C17H21NO5/c19-16(11-7-8-14-15(9-11)23-10-22-14)18-13-6-4-2-1-3-5-12(13)17(20)21/h7-9,12-13H,1-6,10H2,(H,18,19)(H,20,21). The number of benzene rings is 1. The van der Waals surface area contributed by atoms with Crippen molar-refractivity contribution in [1.29, 1.82) is 0 Å². The lowest BCUT2D eigenvalue weighted by atomic mass is 9.86. The molecule has 1 saturated carbocycles. The van der Waals surface area contributed by atoms with Crippen LogP contribution in [0, 0.1) is 5.92 Å². The van der Waals surface area contributed by atoms with Crippen LogP contribution in [0.1, 0.15) is 48.9 Å². The van der Waals surface area contributed by atoms with Gasteiger partial charge in [0.1, 0.15) is 0 Å². The number of carbonyl (C=O) groups excluding carboxylic acids is 1. The number of carboxylic acid groups (broad SMARTS) is 1. The lowest BCUT2D eigenvalue weighted by Gasteiger charge is -2.27. The smallest absolute Gasteiger partial charge is 0.308 e. The fraction of sp³-hybridized carbons (Fsp3) is 0.529. The Balaban J connectivity index is 1.72. The Morgan fingerprint density at radius 1 is 1.04 bits per heavy atom. The molecule has 0 aromatic heterocycles. The maximum Gasteiger partial charge on any atom is 0.308 e. The Kier molecular flexibility index (Phi) is 4.69. The first-order valence-corrected chi connectivity index (χ1v) is 8.08. The van der Waals surface area contributed by atoms with Crippen molar-refractivity contribution in [1.82, 2.24) is 5.32 Å². The molecule has 1 amide bonds. The third-order valence-electron chi connectivity index (χ3n) is 4.53. The molecule has 0 saturated heterocycles. The first-order chi connectivity index (χ1) is 11.1. The number of carbonyl (C=O) groups is 2. The Bertz CT molecular complexity index is 601. The van der Waals surface area contributed by atoms with Crippen molar-refractivity contribution in [2.75, 3.05) is 6.79 Å². The molecule has 0 bridgehead atoms. The second kappa shape index (κ2) is 6.89. The SMILES string of the molecule is O=C(NC1CCCCCCC1C(=O)O)c1ccc2c(c1)OCO2. The molecule has 2 unspecified atom stereocenters. The average molecular weight is 319 g/mol. The molecule has 1 aromatic carbocycles. The van der Waals surface area contributed by atoms with E-state index in [9.17, 15) is 14.7 Å². The number of ether oxygens (including phenoxy) is 2. The summed E-state index contributed by atoms with van der Waals surface area (Å²) in [5.41, 5.74) is 0.459. The van der Waals surface area contributed by atoms with Gasteiger partial charge >= 0.3 is 5.97 Å². The largest absolute Gasteiger partial charge is 0.481 e. The van der Waals surface area contributed by atoms with Crippen LogP contribution in [0.3, 0.4) is 0 Å². The second-order valence-corrected chi connectivity index (χ2v) is 6.08. The zero-order valence-corrected chi connectivity index (χ0v) is 12.9. The molecule has 3 rings (SSSR count). The summed E-state index contributed by atoms with van der Waals surface area (Å²) in [7, 11) is 0. The van der Waals surface area contributed by atoms with Crippen LogP contribution < -0.4 is 14.8 Å². The monoisotopic (exact) mass is 319 g/mol. The van der Waals surface area contributed by atoms with Gasteiger partial charge in [0.2, 0.25) is 6.79 Å². The predicted octanol–water partition coefficient (Wildman–Crippen LogP) is 2.57. The highest BCUT2D eigenvalue weighted by Crippen LogP contribution is 2.32. The van der Waals surface area contributed by atoms with Gasteiger partial charge in [-0.1, -0.05) is 25.7 Å². The van der Waals surface area contributed by atoms with Crippen LogP contribution in [0.4, 0.5) is 0 Å². The molecule has 0 radical (unpaired) electrons. The van der Waals surface area contributed by atoms with Gasteiger partial charge in [0.25, 0.3) is 5.91 Å². The summed E-state index contributed by atoms with van der Waals surface area (Å²) >= 11 is 0. The van der Waals surface area contributed by atoms with E-state index < -0.39 is 11.9 Å². The first-order valence-electron chi connectivity index (χ1n) is 8.08. The summed E-state index contributed by atoms with van der Waals surface area (Å²) in [4.78, 5) is 24.0. The first kappa shape index (κ1) is 15.6. The van der Waals surface area contributed by atoms with E-state index in [2.05, 4.69) is 5.32 Å². The van der Waals surface area contributed by atoms with E-state index in [1.54, 1.807) is 18.2 Å². The summed E-state index contributed by atoms with van der Waals surface area (Å²) in [6.45, 7) is 0.157. The van der Waals surface area contributed by atoms with Crippen LogP contribution in [-0.2, 0) is 4.79 Å². The van der Waals surface area contributed by atoms with Crippen molar-refractivity contribution < 1.29 is 24.2 Å². The summed E-state index contributed by atoms with van der Waals surface area (Å²) in [6, 6.07) is 4.67. The number of nitrogens with one attached hydrogen (secondary N) is 1. The van der Waals surface area contributed by atoms with E-state index in [0.717, 1.165) is 25.7 Å². The minimum Gasteiger partial charge on any atom is -0.481 e. The van der Waals surface area contributed by atoms with Crippen LogP contribution in [0.15, 0.2) is 18.2 Å². The van der Waals surface area contributed by atoms with Gasteiger partial charge in [-0.2, -0.15) is 0 Å². The van der Waals surface area contributed by atoms with E-state index in [0.29, 0.717) is 29.9 Å². The number of rotatable bonds is 3. The highest BCUT2D eigenvalue weighted by molar-refractivity contribution is 5.95. The molecule has 1 heterocycles. The molecule has 1 aliphatic carbocycles. The number of hydrogen-bond acceptors (Lipinski definition) is 4. The van der Waals surface area contributed by atoms with Crippen molar-refractivity contribution in [2.45, 2.75) is 44.6 Å². The summed E-state index contributed by atoms with van der Waals surface area (Å²) in [6.07, 6.45) is 5.30. The Morgan fingerprint density at radius 2 is 1.78 bits per heavy atom. The van der Waals surface area contributed by atoms with Gasteiger partial charge in [-0.15, -0.1) is 0 Å². The molecule has 1 fully saturated rings. The number of aliphatic carboxylic acids is 1. The Morgan fingerprint density at radius 3 is 2.57 bits per heavy atom. The molecule has 6 nitrogen and oxygen atoms in total. The molecule has 0 spiro atoms. The van der Waals surface area contributed by atoms with Gasteiger partial charge in [-0.3, -0.25) is 9.59 Å². The molecule has 2 atom stereocenters. The van der Waals surface area contributed by atoms with Crippen molar-refractivity contribution in [3.05, 3.63) is 23.8 Å². The summed E-state index contributed by atoms with van der Waals surface area (Å²) in [5.74, 6) is -0.447. The third kappa shape index (κ3) is 3.57. The predicted molar refractivity (Wildman–Crippen MR) is 82.6 cm³/mol. The minimum absolute atomic E-state index is 0.157. The van der Waals surface area contributed by atoms with Crippen LogP contribution in [0.5, 0.6) is 11.5 Å². The Hall–Kier alpha value is -2.24. The fourth-order valence-electron chi connectivity index (χ4n) is 3.24.